The number of carbonyl (C=O) groups is 1. The molecule has 3 atom stereocenters. The first-order valence-electron chi connectivity index (χ1n) is 7.01. The van der Waals surface area contributed by atoms with Crippen molar-refractivity contribution in [2.75, 3.05) is 0 Å². The Morgan fingerprint density at radius 2 is 2.00 bits per heavy atom. The second-order valence-electron chi connectivity index (χ2n) is 5.34. The molecule has 0 aromatic heterocycles. The van der Waals surface area contributed by atoms with E-state index in [1.54, 1.807) is 0 Å². The van der Waals surface area contributed by atoms with E-state index < -0.39 is 0 Å². The van der Waals surface area contributed by atoms with Crippen molar-refractivity contribution in [3.05, 3.63) is 35.9 Å². The Morgan fingerprint density at radius 1 is 1.33 bits per heavy atom. The minimum Gasteiger partial charge on any atom is -0.292 e. The third kappa shape index (κ3) is 2.49. The molecule has 1 saturated heterocycles. The molecule has 0 spiro atoms. The average Bonchev–Trinajstić information content (AvgIpc) is 2.79. The molecule has 0 N–H and O–H groups in total. The Labute approximate surface area is 110 Å². The number of likely N-dealkylation sites (tertiary alicyclic amines) is 1. The van der Waals surface area contributed by atoms with Crippen LogP contribution in [0.3, 0.4) is 0 Å². The van der Waals surface area contributed by atoms with Crippen LogP contribution in [0.4, 0.5) is 0 Å². The van der Waals surface area contributed by atoms with Crippen molar-refractivity contribution in [1.82, 2.24) is 4.90 Å². The fourth-order valence-corrected chi connectivity index (χ4v) is 3.18. The summed E-state index contributed by atoms with van der Waals surface area (Å²) in [6.45, 7) is 6.51. The van der Waals surface area contributed by atoms with Gasteiger partial charge in [0, 0.05) is 17.6 Å². The van der Waals surface area contributed by atoms with Gasteiger partial charge in [0.25, 0.3) is 0 Å². The van der Waals surface area contributed by atoms with Gasteiger partial charge in [-0.05, 0) is 33.1 Å². The molecule has 2 rings (SSSR count). The predicted octanol–water partition coefficient (Wildman–Crippen LogP) is 3.52. The lowest BCUT2D eigenvalue weighted by Crippen LogP contribution is -2.45. The highest BCUT2D eigenvalue weighted by Crippen LogP contribution is 2.29. The summed E-state index contributed by atoms with van der Waals surface area (Å²) < 4.78 is 0. The highest BCUT2D eigenvalue weighted by atomic mass is 16.1. The lowest BCUT2D eigenvalue weighted by molar-refractivity contribution is 0.0755. The Morgan fingerprint density at radius 3 is 2.61 bits per heavy atom. The molecule has 0 aliphatic carbocycles. The molecular formula is C16H23NO. The normalized spacial score (nSPS) is 26.2. The number of ketones is 1. The maximum Gasteiger partial charge on any atom is 0.179 e. The lowest BCUT2D eigenvalue weighted by atomic mass is 10.0. The monoisotopic (exact) mass is 245 g/mol. The minimum absolute atomic E-state index is 0.00477. The molecule has 3 unspecified atom stereocenters. The molecule has 0 radical (unpaired) electrons. The smallest absolute Gasteiger partial charge is 0.179 e. The van der Waals surface area contributed by atoms with Crippen molar-refractivity contribution in [2.24, 2.45) is 0 Å². The molecule has 1 fully saturated rings. The second kappa shape index (κ2) is 5.66. The summed E-state index contributed by atoms with van der Waals surface area (Å²) >= 11 is 0. The van der Waals surface area contributed by atoms with Gasteiger partial charge < -0.3 is 0 Å². The molecule has 1 aromatic carbocycles. The highest BCUT2D eigenvalue weighted by molar-refractivity contribution is 5.99. The van der Waals surface area contributed by atoms with E-state index in [9.17, 15) is 4.79 Å². The number of hydrogen-bond acceptors (Lipinski definition) is 2. The van der Waals surface area contributed by atoms with Gasteiger partial charge in [-0.25, -0.2) is 0 Å². The largest absolute Gasteiger partial charge is 0.292 e. The molecular weight excluding hydrogens is 222 g/mol. The quantitative estimate of drug-likeness (QED) is 0.756. The predicted molar refractivity (Wildman–Crippen MR) is 74.8 cm³/mol. The van der Waals surface area contributed by atoms with E-state index in [0.29, 0.717) is 12.1 Å². The molecule has 18 heavy (non-hydrogen) atoms. The van der Waals surface area contributed by atoms with Gasteiger partial charge in [-0.15, -0.1) is 0 Å². The first-order valence-corrected chi connectivity index (χ1v) is 7.01. The van der Waals surface area contributed by atoms with Crippen molar-refractivity contribution >= 4 is 5.78 Å². The Balaban J connectivity index is 2.15. The Hall–Kier alpha value is -1.15. The van der Waals surface area contributed by atoms with Crippen molar-refractivity contribution in [3.8, 4) is 0 Å². The van der Waals surface area contributed by atoms with Crippen LogP contribution in [0.15, 0.2) is 30.3 Å². The summed E-state index contributed by atoms with van der Waals surface area (Å²) in [5, 5.41) is 0. The molecule has 98 valence electrons. The maximum atomic E-state index is 12.5. The van der Waals surface area contributed by atoms with Crippen molar-refractivity contribution < 1.29 is 4.79 Å². The van der Waals surface area contributed by atoms with Crippen molar-refractivity contribution in [3.63, 3.8) is 0 Å². The van der Waals surface area contributed by atoms with E-state index in [2.05, 4.69) is 25.7 Å². The van der Waals surface area contributed by atoms with Gasteiger partial charge in [0.15, 0.2) is 5.78 Å². The molecule has 1 heterocycles. The summed E-state index contributed by atoms with van der Waals surface area (Å²) in [6.07, 6.45) is 3.58. The average molecular weight is 245 g/mol. The summed E-state index contributed by atoms with van der Waals surface area (Å²) in [7, 11) is 0. The van der Waals surface area contributed by atoms with Gasteiger partial charge in [-0.3, -0.25) is 9.69 Å². The molecule has 2 nitrogen and oxygen atoms in total. The zero-order valence-electron chi connectivity index (χ0n) is 11.6. The highest BCUT2D eigenvalue weighted by Gasteiger charge is 2.35. The van der Waals surface area contributed by atoms with Crippen LogP contribution >= 0.6 is 0 Å². The number of benzene rings is 1. The second-order valence-corrected chi connectivity index (χ2v) is 5.34. The summed E-state index contributed by atoms with van der Waals surface area (Å²) in [6, 6.07) is 10.8. The molecule has 0 saturated carbocycles. The van der Waals surface area contributed by atoms with Crippen molar-refractivity contribution in [2.45, 2.75) is 58.2 Å². The summed E-state index contributed by atoms with van der Waals surface area (Å²) in [5.74, 6) is 0.253. The van der Waals surface area contributed by atoms with Crippen LogP contribution in [0.1, 0.15) is 50.4 Å². The van der Waals surface area contributed by atoms with Gasteiger partial charge in [0.1, 0.15) is 0 Å². The van der Waals surface area contributed by atoms with E-state index in [0.717, 1.165) is 12.0 Å². The van der Waals surface area contributed by atoms with Gasteiger partial charge >= 0.3 is 0 Å². The zero-order valence-corrected chi connectivity index (χ0v) is 11.6. The standard InChI is InChI=1S/C16H23NO/c1-4-15-11-10-12(2)17(15)13(3)16(18)14-8-6-5-7-9-14/h5-9,12-13,15H,4,10-11H2,1-3H3. The molecule has 2 heteroatoms. The topological polar surface area (TPSA) is 20.3 Å². The van der Waals surface area contributed by atoms with Gasteiger partial charge in [0.05, 0.1) is 6.04 Å². The molecule has 0 bridgehead atoms. The summed E-state index contributed by atoms with van der Waals surface area (Å²) in [4.78, 5) is 14.9. The van der Waals surface area contributed by atoms with Gasteiger partial charge in [-0.1, -0.05) is 37.3 Å². The Bertz CT molecular complexity index is 401. The number of hydrogen-bond donors (Lipinski definition) is 0. The van der Waals surface area contributed by atoms with Crippen molar-refractivity contribution in [1.29, 1.82) is 0 Å². The first-order chi connectivity index (χ1) is 8.65. The van der Waals surface area contributed by atoms with Gasteiger partial charge in [-0.2, -0.15) is 0 Å². The minimum atomic E-state index is -0.00477. The van der Waals surface area contributed by atoms with E-state index >= 15 is 0 Å². The van der Waals surface area contributed by atoms with Crippen LogP contribution in [-0.2, 0) is 0 Å². The molecule has 1 aromatic rings. The number of rotatable bonds is 4. The molecule has 1 aliphatic rings. The fraction of sp³-hybridized carbons (Fsp3) is 0.562. The number of nitrogens with zero attached hydrogens (tertiary/aromatic N) is 1. The molecule has 0 amide bonds. The SMILES string of the molecule is CCC1CCC(C)N1C(C)C(=O)c1ccccc1. The third-order valence-corrected chi connectivity index (χ3v) is 4.20. The van der Waals surface area contributed by atoms with E-state index in [1.165, 1.54) is 12.8 Å². The van der Waals surface area contributed by atoms with Crippen LogP contribution in [0, 0.1) is 0 Å². The van der Waals surface area contributed by atoms with Crippen LogP contribution in [0.25, 0.3) is 0 Å². The van der Waals surface area contributed by atoms with E-state index in [-0.39, 0.29) is 11.8 Å². The van der Waals surface area contributed by atoms with Crippen LogP contribution in [0.2, 0.25) is 0 Å². The van der Waals surface area contributed by atoms with Crippen LogP contribution < -0.4 is 0 Å². The number of carbonyl (C=O) groups excluding carboxylic acids is 1. The molecule has 1 aliphatic heterocycles. The van der Waals surface area contributed by atoms with E-state index in [1.807, 2.05) is 30.3 Å². The summed E-state index contributed by atoms with van der Waals surface area (Å²) in [5.41, 5.74) is 0.832. The zero-order chi connectivity index (χ0) is 13.1. The van der Waals surface area contributed by atoms with Gasteiger partial charge in [0.2, 0.25) is 0 Å². The lowest BCUT2D eigenvalue weighted by Gasteiger charge is -2.33. The van der Waals surface area contributed by atoms with E-state index in [4.69, 9.17) is 0 Å². The van der Waals surface area contributed by atoms with Crippen LogP contribution in [0.5, 0.6) is 0 Å². The van der Waals surface area contributed by atoms with Crippen LogP contribution in [-0.4, -0.2) is 28.8 Å². The Kier molecular flexibility index (Phi) is 4.18. The third-order valence-electron chi connectivity index (χ3n) is 4.20. The maximum absolute atomic E-state index is 12.5. The number of Topliss-reactive ketones (excluding diaryl/α,β-unsaturated/α-hetero) is 1. The fourth-order valence-electron chi connectivity index (χ4n) is 3.18. The first kappa shape index (κ1) is 13.3.